The first-order valence-electron chi connectivity index (χ1n) is 9.23. The van der Waals surface area contributed by atoms with Crippen molar-refractivity contribution < 1.29 is 8.42 Å². The summed E-state index contributed by atoms with van der Waals surface area (Å²) in [4.78, 5) is 7.04. The summed E-state index contributed by atoms with van der Waals surface area (Å²) in [5.74, 6) is 0.393. The predicted molar refractivity (Wildman–Crippen MR) is 101 cm³/mol. The van der Waals surface area contributed by atoms with Gasteiger partial charge in [-0.2, -0.15) is 4.31 Å². The second kappa shape index (κ2) is 7.10. The Morgan fingerprint density at radius 3 is 2.69 bits per heavy atom. The van der Waals surface area contributed by atoms with E-state index in [-0.39, 0.29) is 6.04 Å². The summed E-state index contributed by atoms with van der Waals surface area (Å²) >= 11 is 0. The van der Waals surface area contributed by atoms with Crippen molar-refractivity contribution in [1.82, 2.24) is 14.2 Å². The quantitative estimate of drug-likeness (QED) is 0.829. The average Bonchev–Trinajstić information content (AvgIpc) is 2.93. The van der Waals surface area contributed by atoms with E-state index in [1.54, 1.807) is 16.6 Å². The number of sulfonamides is 1. The first-order chi connectivity index (χ1) is 12.5. The van der Waals surface area contributed by atoms with Crippen molar-refractivity contribution in [1.29, 1.82) is 0 Å². The van der Waals surface area contributed by atoms with Crippen LogP contribution in [0.5, 0.6) is 0 Å². The summed E-state index contributed by atoms with van der Waals surface area (Å²) in [5.41, 5.74) is 2.00. The van der Waals surface area contributed by atoms with Crippen LogP contribution in [0.3, 0.4) is 0 Å². The van der Waals surface area contributed by atoms with Gasteiger partial charge in [0.05, 0.1) is 4.90 Å². The van der Waals surface area contributed by atoms with E-state index in [1.165, 1.54) is 5.56 Å². The molecule has 138 valence electrons. The van der Waals surface area contributed by atoms with Crippen LogP contribution < -0.4 is 0 Å². The van der Waals surface area contributed by atoms with E-state index in [2.05, 4.69) is 16.0 Å². The molecule has 1 aromatic heterocycles. The lowest BCUT2D eigenvalue weighted by Gasteiger charge is -2.35. The van der Waals surface area contributed by atoms with E-state index in [4.69, 9.17) is 0 Å². The Kier molecular flexibility index (Phi) is 4.82. The zero-order chi connectivity index (χ0) is 18.1. The lowest BCUT2D eigenvalue weighted by Crippen LogP contribution is -2.47. The molecule has 3 aliphatic rings. The van der Waals surface area contributed by atoms with Crippen LogP contribution in [0, 0.1) is 12.8 Å². The molecule has 2 atom stereocenters. The maximum Gasteiger partial charge on any atom is 0.243 e. The fourth-order valence-corrected chi connectivity index (χ4v) is 6.23. The number of hydrogen-bond donors (Lipinski definition) is 0. The van der Waals surface area contributed by atoms with Gasteiger partial charge in [0.25, 0.3) is 0 Å². The molecule has 3 fully saturated rings. The highest BCUT2D eigenvalue weighted by Gasteiger charge is 2.41. The number of fused-ring (bicyclic) bond motifs is 4. The topological polar surface area (TPSA) is 53.5 Å². The van der Waals surface area contributed by atoms with Crippen LogP contribution in [-0.4, -0.2) is 48.3 Å². The highest BCUT2D eigenvalue weighted by atomic mass is 32.2. The Morgan fingerprint density at radius 2 is 1.92 bits per heavy atom. The summed E-state index contributed by atoms with van der Waals surface area (Å²) < 4.78 is 28.4. The first kappa shape index (κ1) is 17.6. The van der Waals surface area contributed by atoms with Crippen LogP contribution in [0.1, 0.15) is 24.0 Å². The van der Waals surface area contributed by atoms with Crippen molar-refractivity contribution in [2.45, 2.75) is 37.2 Å². The van der Waals surface area contributed by atoms with Gasteiger partial charge in [-0.25, -0.2) is 8.42 Å². The number of hydrogen-bond acceptors (Lipinski definition) is 4. The van der Waals surface area contributed by atoms with Crippen LogP contribution in [0.2, 0.25) is 0 Å². The average molecular weight is 372 g/mol. The molecule has 5 rings (SSSR count). The summed E-state index contributed by atoms with van der Waals surface area (Å²) in [6, 6.07) is 11.4. The van der Waals surface area contributed by atoms with Crippen molar-refractivity contribution >= 4 is 10.0 Å². The maximum absolute atomic E-state index is 13.3. The first-order valence-corrected chi connectivity index (χ1v) is 10.7. The second-order valence-corrected chi connectivity index (χ2v) is 9.35. The summed E-state index contributed by atoms with van der Waals surface area (Å²) in [6.45, 7) is 5.07. The molecule has 1 aromatic carbocycles. The fourth-order valence-electron chi connectivity index (χ4n) is 4.28. The number of benzene rings is 1. The molecule has 0 amide bonds. The smallest absolute Gasteiger partial charge is 0.243 e. The van der Waals surface area contributed by atoms with E-state index in [9.17, 15) is 8.42 Å². The number of nitrogens with zero attached hydrogens (tertiary/aromatic N) is 3. The third-order valence-electron chi connectivity index (χ3n) is 5.55. The van der Waals surface area contributed by atoms with Gasteiger partial charge in [0.1, 0.15) is 0 Å². The van der Waals surface area contributed by atoms with Gasteiger partial charge in [-0.15, -0.1) is 0 Å². The van der Waals surface area contributed by atoms with Gasteiger partial charge in [0.15, 0.2) is 0 Å². The molecule has 0 saturated carbocycles. The minimum atomic E-state index is -3.45. The van der Waals surface area contributed by atoms with Gasteiger partial charge in [-0.05, 0) is 48.9 Å². The minimum absolute atomic E-state index is 0.0510. The minimum Gasteiger partial charge on any atom is -0.297 e. The molecule has 6 heteroatoms. The normalized spacial score (nSPS) is 24.5. The largest absolute Gasteiger partial charge is 0.297 e. The van der Waals surface area contributed by atoms with Gasteiger partial charge in [0, 0.05) is 44.6 Å². The maximum atomic E-state index is 13.3. The third kappa shape index (κ3) is 3.41. The highest BCUT2D eigenvalue weighted by molar-refractivity contribution is 7.89. The lowest BCUT2D eigenvalue weighted by molar-refractivity contribution is 0.225. The molecule has 0 radical (unpaired) electrons. The van der Waals surface area contributed by atoms with Crippen LogP contribution in [0.25, 0.3) is 0 Å². The lowest BCUT2D eigenvalue weighted by atomic mass is 9.97. The monoisotopic (exact) mass is 371 g/mol. The van der Waals surface area contributed by atoms with Crippen molar-refractivity contribution in [2.75, 3.05) is 19.6 Å². The zero-order valence-corrected chi connectivity index (χ0v) is 15.9. The van der Waals surface area contributed by atoms with Gasteiger partial charge >= 0.3 is 0 Å². The Labute approximate surface area is 155 Å². The number of aryl methyl sites for hydroxylation is 1. The summed E-state index contributed by atoms with van der Waals surface area (Å²) in [6.07, 6.45) is 5.73. The third-order valence-corrected chi connectivity index (χ3v) is 7.63. The predicted octanol–water partition coefficient (Wildman–Crippen LogP) is 2.68. The van der Waals surface area contributed by atoms with E-state index in [0.29, 0.717) is 17.4 Å². The number of rotatable bonds is 4. The molecule has 3 saturated heterocycles. The standard InChI is InChI=1S/C20H25N3O2S/c1-16-5-2-3-7-20(16)26(24,25)23-14-18-8-9-19(23)15-22(13-18)12-17-6-4-10-21-11-17/h2-7,10-11,18-19H,8-9,12-15H2,1H3/t18-,19+/m0/s1. The Morgan fingerprint density at radius 1 is 1.08 bits per heavy atom. The molecule has 0 unspecified atom stereocenters. The number of aromatic nitrogens is 1. The number of piperidine rings is 1. The Balaban J connectivity index is 1.58. The van der Waals surface area contributed by atoms with Gasteiger partial charge < -0.3 is 0 Å². The van der Waals surface area contributed by atoms with Crippen molar-refractivity contribution in [2.24, 2.45) is 5.92 Å². The number of pyridine rings is 1. The van der Waals surface area contributed by atoms with Gasteiger partial charge in [0.2, 0.25) is 10.0 Å². The Bertz CT molecular complexity index is 870. The van der Waals surface area contributed by atoms with Crippen molar-refractivity contribution in [3.05, 3.63) is 59.9 Å². The fraction of sp³-hybridized carbons (Fsp3) is 0.450. The van der Waals surface area contributed by atoms with Gasteiger partial charge in [-0.1, -0.05) is 24.3 Å². The van der Waals surface area contributed by atoms with E-state index in [0.717, 1.165) is 38.0 Å². The summed E-state index contributed by atoms with van der Waals surface area (Å²) in [7, 11) is -3.45. The van der Waals surface area contributed by atoms with Crippen molar-refractivity contribution in [3.63, 3.8) is 0 Å². The van der Waals surface area contributed by atoms with Crippen LogP contribution >= 0.6 is 0 Å². The molecule has 0 aliphatic carbocycles. The summed E-state index contributed by atoms with van der Waals surface area (Å²) in [5, 5.41) is 0. The van der Waals surface area contributed by atoms with Crippen LogP contribution in [0.4, 0.5) is 0 Å². The van der Waals surface area contributed by atoms with Crippen LogP contribution in [-0.2, 0) is 16.6 Å². The van der Waals surface area contributed by atoms with E-state index in [1.807, 2.05) is 37.4 Å². The highest BCUT2D eigenvalue weighted by Crippen LogP contribution is 2.33. The molecule has 0 spiro atoms. The van der Waals surface area contributed by atoms with E-state index < -0.39 is 10.0 Å². The van der Waals surface area contributed by atoms with Crippen molar-refractivity contribution in [3.8, 4) is 0 Å². The molecule has 2 bridgehead atoms. The molecule has 26 heavy (non-hydrogen) atoms. The zero-order valence-electron chi connectivity index (χ0n) is 15.1. The molecule has 5 nitrogen and oxygen atoms in total. The SMILES string of the molecule is Cc1ccccc1S(=O)(=O)N1C[C@H]2CC[C@@H]1CN(Cc1cccnc1)C2. The second-order valence-electron chi connectivity index (χ2n) is 7.49. The molecular formula is C20H25N3O2S. The molecule has 0 N–H and O–H groups in total. The van der Waals surface area contributed by atoms with Crippen LogP contribution in [0.15, 0.2) is 53.7 Å². The van der Waals surface area contributed by atoms with E-state index >= 15 is 0 Å². The molecule has 3 aliphatic heterocycles. The molecule has 4 heterocycles. The van der Waals surface area contributed by atoms with Gasteiger partial charge in [-0.3, -0.25) is 9.88 Å². The molecular weight excluding hydrogens is 346 g/mol. The molecule has 2 aromatic rings. The Hall–Kier alpha value is -1.76.